The van der Waals surface area contributed by atoms with Crippen LogP contribution in [0.1, 0.15) is 5.56 Å². The normalized spacial score (nSPS) is 10.7. The second kappa shape index (κ2) is 5.23. The lowest BCUT2D eigenvalue weighted by molar-refractivity contribution is 1.10. The van der Waals surface area contributed by atoms with E-state index >= 15 is 0 Å². The Morgan fingerprint density at radius 1 is 1.09 bits per heavy atom. The smallest absolute Gasteiger partial charge is 0.279 e. The zero-order valence-electron chi connectivity index (χ0n) is 11.9. The molecule has 0 amide bonds. The first-order valence-electron chi connectivity index (χ1n) is 6.94. The number of hydrogen-bond donors (Lipinski definition) is 1. The number of hydrogen-bond acceptors (Lipinski definition) is 5. The minimum atomic E-state index is -0.353. The maximum absolute atomic E-state index is 12.7. The van der Waals surface area contributed by atoms with E-state index in [1.54, 1.807) is 0 Å². The molecule has 0 aliphatic heterocycles. The Kier molecular flexibility index (Phi) is 3.07. The fraction of sp³-hybridized carbons (Fsp3) is 0. The van der Waals surface area contributed by atoms with Crippen LogP contribution in [0.15, 0.2) is 59.4 Å². The van der Waals surface area contributed by atoms with Gasteiger partial charge in [-0.05, 0) is 24.3 Å². The van der Waals surface area contributed by atoms with Crippen molar-refractivity contribution in [1.82, 2.24) is 9.38 Å². The van der Waals surface area contributed by atoms with Gasteiger partial charge in [-0.25, -0.2) is 9.38 Å². The molecule has 1 N–H and O–H groups in total. The maximum atomic E-state index is 12.7. The lowest BCUT2D eigenvalue weighted by Crippen LogP contribution is -2.19. The number of para-hydroxylation sites is 2. The molecule has 0 aliphatic rings. The molecule has 0 spiro atoms. The summed E-state index contributed by atoms with van der Waals surface area (Å²) in [5.74, 6) is 0.287. The van der Waals surface area contributed by atoms with Crippen molar-refractivity contribution < 1.29 is 0 Å². The topological polar surface area (TPSA) is 70.2 Å². The summed E-state index contributed by atoms with van der Waals surface area (Å²) in [6.07, 6.45) is 0. The van der Waals surface area contributed by atoms with Crippen molar-refractivity contribution in [3.8, 4) is 6.07 Å². The van der Waals surface area contributed by atoms with Crippen LogP contribution in [0.3, 0.4) is 0 Å². The summed E-state index contributed by atoms with van der Waals surface area (Å²) in [5.41, 5.74) is 1.21. The van der Waals surface area contributed by atoms with E-state index in [1.807, 2.05) is 60.7 Å². The molecule has 0 saturated carbocycles. The molecule has 23 heavy (non-hydrogen) atoms. The number of fused-ring (bicyclic) bond motifs is 3. The zero-order chi connectivity index (χ0) is 15.8. The van der Waals surface area contributed by atoms with Gasteiger partial charge in [0.2, 0.25) is 0 Å². The highest BCUT2D eigenvalue weighted by Gasteiger charge is 2.16. The van der Waals surface area contributed by atoms with Crippen LogP contribution in [-0.4, -0.2) is 9.38 Å². The predicted octanol–water partition coefficient (Wildman–Crippen LogP) is 3.52. The number of anilines is 2. The quantitative estimate of drug-likeness (QED) is 0.614. The second-order valence-electron chi connectivity index (χ2n) is 4.93. The summed E-state index contributed by atoms with van der Waals surface area (Å²) in [5, 5.41) is 12.5. The van der Waals surface area contributed by atoms with Crippen molar-refractivity contribution in [3.63, 3.8) is 0 Å². The molecule has 4 rings (SSSR count). The summed E-state index contributed by atoms with van der Waals surface area (Å²) in [6, 6.07) is 18.9. The average Bonchev–Trinajstić information content (AvgIpc) is 2.94. The Hall–Kier alpha value is -3.17. The highest BCUT2D eigenvalue weighted by molar-refractivity contribution is 7.23. The van der Waals surface area contributed by atoms with Gasteiger partial charge in [-0.2, -0.15) is 5.26 Å². The number of rotatable bonds is 2. The van der Waals surface area contributed by atoms with E-state index in [0.29, 0.717) is 4.96 Å². The van der Waals surface area contributed by atoms with Crippen molar-refractivity contribution in [2.75, 3.05) is 5.32 Å². The fourth-order valence-electron chi connectivity index (χ4n) is 2.46. The highest BCUT2D eigenvalue weighted by Crippen LogP contribution is 2.26. The van der Waals surface area contributed by atoms with Gasteiger partial charge in [0, 0.05) is 5.69 Å². The van der Waals surface area contributed by atoms with Gasteiger partial charge in [0.1, 0.15) is 6.07 Å². The van der Waals surface area contributed by atoms with E-state index in [1.165, 1.54) is 15.7 Å². The zero-order valence-corrected chi connectivity index (χ0v) is 12.7. The van der Waals surface area contributed by atoms with E-state index < -0.39 is 0 Å². The largest absolute Gasteiger partial charge is 0.339 e. The highest BCUT2D eigenvalue weighted by atomic mass is 32.1. The van der Waals surface area contributed by atoms with Crippen LogP contribution in [0.25, 0.3) is 15.2 Å². The lowest BCUT2D eigenvalue weighted by atomic mass is 10.3. The van der Waals surface area contributed by atoms with Gasteiger partial charge < -0.3 is 5.32 Å². The SMILES string of the molecule is N#Cc1c(Nc2ccccc2)nc2sc3ccccc3n2c1=O. The van der Waals surface area contributed by atoms with Gasteiger partial charge in [0.05, 0.1) is 10.2 Å². The molecule has 6 heteroatoms. The van der Waals surface area contributed by atoms with Gasteiger partial charge >= 0.3 is 0 Å². The first kappa shape index (κ1) is 13.5. The molecule has 0 radical (unpaired) electrons. The molecule has 2 heterocycles. The molecule has 0 atom stereocenters. The van der Waals surface area contributed by atoms with Gasteiger partial charge in [0.25, 0.3) is 5.56 Å². The number of nitrogens with one attached hydrogen (secondary N) is 1. The molecule has 0 saturated heterocycles. The molecule has 0 aliphatic carbocycles. The van der Waals surface area contributed by atoms with Crippen molar-refractivity contribution in [2.24, 2.45) is 0 Å². The third-order valence-electron chi connectivity index (χ3n) is 3.51. The van der Waals surface area contributed by atoms with Gasteiger partial charge in [-0.15, -0.1) is 0 Å². The summed E-state index contributed by atoms with van der Waals surface area (Å²) in [6.45, 7) is 0. The molecular formula is C17H10N4OS. The van der Waals surface area contributed by atoms with E-state index in [9.17, 15) is 10.1 Å². The summed E-state index contributed by atoms with van der Waals surface area (Å²) in [4.78, 5) is 17.8. The van der Waals surface area contributed by atoms with Gasteiger partial charge in [-0.3, -0.25) is 4.79 Å². The number of nitriles is 1. The molecule has 0 unspecified atom stereocenters. The van der Waals surface area contributed by atoms with Crippen LogP contribution in [-0.2, 0) is 0 Å². The minimum Gasteiger partial charge on any atom is -0.339 e. The minimum absolute atomic E-state index is 0.00917. The molecule has 2 aromatic carbocycles. The number of thiazole rings is 1. The molecule has 2 aromatic heterocycles. The van der Waals surface area contributed by atoms with Crippen molar-refractivity contribution in [1.29, 1.82) is 5.26 Å². The Labute approximate surface area is 135 Å². The summed E-state index contributed by atoms with van der Waals surface area (Å²) >= 11 is 1.42. The Morgan fingerprint density at radius 3 is 2.61 bits per heavy atom. The van der Waals surface area contributed by atoms with Crippen molar-refractivity contribution >= 4 is 38.0 Å². The standard InChI is InChI=1S/C17H10N4OS/c18-10-12-15(19-11-6-2-1-3-7-11)20-17-21(16(12)22)13-8-4-5-9-14(13)23-17/h1-9,19H. The Morgan fingerprint density at radius 2 is 1.83 bits per heavy atom. The predicted molar refractivity (Wildman–Crippen MR) is 91.3 cm³/mol. The van der Waals surface area contributed by atoms with Gasteiger partial charge in [0.15, 0.2) is 16.3 Å². The Bertz CT molecular complexity index is 1120. The van der Waals surface area contributed by atoms with E-state index in [2.05, 4.69) is 10.3 Å². The van der Waals surface area contributed by atoms with E-state index in [-0.39, 0.29) is 16.9 Å². The number of nitrogens with zero attached hydrogens (tertiary/aromatic N) is 3. The lowest BCUT2D eigenvalue weighted by Gasteiger charge is -2.07. The van der Waals surface area contributed by atoms with Crippen molar-refractivity contribution in [3.05, 3.63) is 70.5 Å². The first-order valence-corrected chi connectivity index (χ1v) is 7.76. The monoisotopic (exact) mass is 318 g/mol. The van der Waals surface area contributed by atoms with Crippen molar-refractivity contribution in [2.45, 2.75) is 0 Å². The first-order chi connectivity index (χ1) is 11.3. The average molecular weight is 318 g/mol. The van der Waals surface area contributed by atoms with Crippen LogP contribution in [0.2, 0.25) is 0 Å². The molecule has 4 aromatic rings. The van der Waals surface area contributed by atoms with E-state index in [4.69, 9.17) is 0 Å². The second-order valence-corrected chi connectivity index (χ2v) is 5.94. The third kappa shape index (κ3) is 2.15. The summed E-state index contributed by atoms with van der Waals surface area (Å²) in [7, 11) is 0. The molecule has 0 fully saturated rings. The molecular weight excluding hydrogens is 308 g/mol. The number of aromatic nitrogens is 2. The number of benzene rings is 2. The van der Waals surface area contributed by atoms with Crippen LogP contribution in [0.5, 0.6) is 0 Å². The molecule has 5 nitrogen and oxygen atoms in total. The third-order valence-corrected chi connectivity index (χ3v) is 4.53. The van der Waals surface area contributed by atoms with Gasteiger partial charge in [-0.1, -0.05) is 41.7 Å². The van der Waals surface area contributed by atoms with Crippen LogP contribution < -0.4 is 10.9 Å². The molecule has 0 bridgehead atoms. The van der Waals surface area contributed by atoms with E-state index in [0.717, 1.165) is 15.9 Å². The Balaban J connectivity index is 2.00. The molecule has 110 valence electrons. The van der Waals surface area contributed by atoms with Crippen LogP contribution in [0.4, 0.5) is 11.5 Å². The fourth-order valence-corrected chi connectivity index (χ4v) is 3.48. The maximum Gasteiger partial charge on any atom is 0.279 e. The van der Waals surface area contributed by atoms with Crippen LogP contribution in [0, 0.1) is 11.3 Å². The van der Waals surface area contributed by atoms with Crippen LogP contribution >= 0.6 is 11.3 Å². The summed E-state index contributed by atoms with van der Waals surface area (Å²) < 4.78 is 2.45.